The van der Waals surface area contributed by atoms with Crippen molar-refractivity contribution in [3.63, 3.8) is 0 Å². The average Bonchev–Trinajstić information content (AvgIpc) is 2.18. The molecule has 1 fully saturated rings. The van der Waals surface area contributed by atoms with Crippen molar-refractivity contribution in [3.8, 4) is 0 Å². The van der Waals surface area contributed by atoms with Crippen molar-refractivity contribution in [1.82, 2.24) is 0 Å². The molecule has 0 radical (unpaired) electrons. The monoisotopic (exact) mass is 227 g/mol. The van der Waals surface area contributed by atoms with Crippen molar-refractivity contribution in [2.45, 2.75) is 0 Å². The molecule has 0 spiro atoms. The number of methoxy groups -OCH3 is 1. The Morgan fingerprint density at radius 1 is 1.44 bits per heavy atom. The SMILES string of the molecule is COC(=O)C1CN(c2ccc(F)cc2F)C1. The Bertz CT molecular complexity index is 416. The topological polar surface area (TPSA) is 29.5 Å². The predicted molar refractivity (Wildman–Crippen MR) is 54.1 cm³/mol. The standard InChI is InChI=1S/C11H11F2NO2/c1-16-11(15)7-5-14(6-7)10-3-2-8(12)4-9(10)13/h2-4,7H,5-6H2,1H3. The molecule has 1 heterocycles. The lowest BCUT2D eigenvalue weighted by Crippen LogP contribution is -2.51. The van der Waals surface area contributed by atoms with E-state index in [4.69, 9.17) is 0 Å². The van der Waals surface area contributed by atoms with Crippen LogP contribution in [0.15, 0.2) is 18.2 Å². The Morgan fingerprint density at radius 3 is 2.69 bits per heavy atom. The first kappa shape index (κ1) is 10.9. The minimum Gasteiger partial charge on any atom is -0.469 e. The summed E-state index contributed by atoms with van der Waals surface area (Å²) in [4.78, 5) is 12.8. The fourth-order valence-electron chi connectivity index (χ4n) is 1.73. The van der Waals surface area contributed by atoms with Gasteiger partial charge in [0.15, 0.2) is 0 Å². The van der Waals surface area contributed by atoms with Crippen LogP contribution in [0.3, 0.4) is 0 Å². The van der Waals surface area contributed by atoms with Gasteiger partial charge in [-0.2, -0.15) is 0 Å². The van der Waals surface area contributed by atoms with Crippen LogP contribution in [0.5, 0.6) is 0 Å². The molecule has 1 aromatic rings. The highest BCUT2D eigenvalue weighted by atomic mass is 19.1. The predicted octanol–water partition coefficient (Wildman–Crippen LogP) is 1.57. The lowest BCUT2D eigenvalue weighted by Gasteiger charge is -2.39. The minimum atomic E-state index is -0.608. The van der Waals surface area contributed by atoms with Crippen LogP contribution in [0.25, 0.3) is 0 Å². The van der Waals surface area contributed by atoms with Gasteiger partial charge in [0.1, 0.15) is 11.6 Å². The molecule has 0 bridgehead atoms. The maximum Gasteiger partial charge on any atom is 0.312 e. The van der Waals surface area contributed by atoms with Crippen molar-refractivity contribution in [2.24, 2.45) is 5.92 Å². The second-order valence-electron chi connectivity index (χ2n) is 3.72. The summed E-state index contributed by atoms with van der Waals surface area (Å²) in [6.45, 7) is 0.824. The molecule has 0 N–H and O–H groups in total. The molecule has 0 amide bonds. The summed E-state index contributed by atoms with van der Waals surface area (Å²) in [5, 5.41) is 0. The number of anilines is 1. The number of carbonyl (C=O) groups is 1. The van der Waals surface area contributed by atoms with E-state index in [2.05, 4.69) is 4.74 Å². The maximum atomic E-state index is 13.3. The summed E-state index contributed by atoms with van der Waals surface area (Å²) in [5.41, 5.74) is 0.321. The Kier molecular flexibility index (Phi) is 2.77. The first-order valence-corrected chi connectivity index (χ1v) is 4.89. The molecule has 2 rings (SSSR count). The molecule has 16 heavy (non-hydrogen) atoms. The van der Waals surface area contributed by atoms with Crippen LogP contribution in [0, 0.1) is 17.6 Å². The van der Waals surface area contributed by atoms with Crippen LogP contribution in [-0.4, -0.2) is 26.2 Å². The Labute approximate surface area is 91.6 Å². The molecular weight excluding hydrogens is 216 g/mol. The largest absolute Gasteiger partial charge is 0.469 e. The van der Waals surface area contributed by atoms with Gasteiger partial charge < -0.3 is 9.64 Å². The zero-order chi connectivity index (χ0) is 11.7. The van der Waals surface area contributed by atoms with Crippen LogP contribution in [0.1, 0.15) is 0 Å². The average molecular weight is 227 g/mol. The van der Waals surface area contributed by atoms with Gasteiger partial charge in [-0.3, -0.25) is 4.79 Å². The summed E-state index contributed by atoms with van der Waals surface area (Å²) >= 11 is 0. The van der Waals surface area contributed by atoms with Gasteiger partial charge in [0.25, 0.3) is 0 Å². The molecule has 3 nitrogen and oxygen atoms in total. The molecule has 0 unspecified atom stereocenters. The molecule has 0 aromatic heterocycles. The molecule has 1 aliphatic rings. The van der Waals surface area contributed by atoms with Gasteiger partial charge in [-0.15, -0.1) is 0 Å². The third-order valence-electron chi connectivity index (χ3n) is 2.67. The number of benzene rings is 1. The van der Waals surface area contributed by atoms with E-state index in [0.717, 1.165) is 6.07 Å². The zero-order valence-electron chi connectivity index (χ0n) is 8.74. The quantitative estimate of drug-likeness (QED) is 0.718. The van der Waals surface area contributed by atoms with Crippen molar-refractivity contribution in [1.29, 1.82) is 0 Å². The van der Waals surface area contributed by atoms with Gasteiger partial charge in [0, 0.05) is 19.2 Å². The third-order valence-corrected chi connectivity index (χ3v) is 2.67. The van der Waals surface area contributed by atoms with Gasteiger partial charge in [0.2, 0.25) is 0 Å². The number of esters is 1. The van der Waals surface area contributed by atoms with E-state index in [1.54, 1.807) is 4.90 Å². The number of nitrogens with zero attached hydrogens (tertiary/aromatic N) is 1. The molecule has 1 aliphatic heterocycles. The lowest BCUT2D eigenvalue weighted by atomic mass is 9.99. The highest BCUT2D eigenvalue weighted by Gasteiger charge is 2.34. The summed E-state index contributed by atoms with van der Waals surface area (Å²) in [7, 11) is 1.32. The lowest BCUT2D eigenvalue weighted by molar-refractivity contribution is -0.146. The van der Waals surface area contributed by atoms with E-state index in [-0.39, 0.29) is 11.9 Å². The van der Waals surface area contributed by atoms with Crippen LogP contribution in [0.2, 0.25) is 0 Å². The zero-order valence-corrected chi connectivity index (χ0v) is 8.74. The van der Waals surface area contributed by atoms with Crippen molar-refractivity contribution in [2.75, 3.05) is 25.1 Å². The van der Waals surface area contributed by atoms with Crippen LogP contribution in [-0.2, 0) is 9.53 Å². The number of ether oxygens (including phenoxy) is 1. The van der Waals surface area contributed by atoms with Gasteiger partial charge in [-0.1, -0.05) is 0 Å². The van der Waals surface area contributed by atoms with Gasteiger partial charge in [-0.25, -0.2) is 8.78 Å². The van der Waals surface area contributed by atoms with E-state index in [1.807, 2.05) is 0 Å². The summed E-state index contributed by atoms with van der Waals surface area (Å²) in [6.07, 6.45) is 0. The Balaban J connectivity index is 2.04. The first-order chi connectivity index (χ1) is 7.61. The third kappa shape index (κ3) is 1.85. The summed E-state index contributed by atoms with van der Waals surface area (Å²) in [5.74, 6) is -1.72. The fraction of sp³-hybridized carbons (Fsp3) is 0.364. The van der Waals surface area contributed by atoms with Gasteiger partial charge >= 0.3 is 5.97 Å². The first-order valence-electron chi connectivity index (χ1n) is 4.89. The molecular formula is C11H11F2NO2. The van der Waals surface area contributed by atoms with E-state index in [0.29, 0.717) is 18.8 Å². The van der Waals surface area contributed by atoms with Crippen molar-refractivity contribution in [3.05, 3.63) is 29.8 Å². The van der Waals surface area contributed by atoms with Gasteiger partial charge in [0.05, 0.1) is 18.7 Å². The second kappa shape index (κ2) is 4.08. The maximum absolute atomic E-state index is 13.3. The number of halogens is 2. The fourth-order valence-corrected chi connectivity index (χ4v) is 1.73. The molecule has 86 valence electrons. The van der Waals surface area contributed by atoms with E-state index in [9.17, 15) is 13.6 Å². The van der Waals surface area contributed by atoms with E-state index < -0.39 is 11.6 Å². The smallest absolute Gasteiger partial charge is 0.312 e. The molecule has 5 heteroatoms. The number of hydrogen-bond donors (Lipinski definition) is 0. The number of hydrogen-bond acceptors (Lipinski definition) is 3. The molecule has 0 aliphatic carbocycles. The molecule has 0 saturated carbocycles. The van der Waals surface area contributed by atoms with E-state index >= 15 is 0 Å². The highest BCUT2D eigenvalue weighted by Crippen LogP contribution is 2.28. The second-order valence-corrected chi connectivity index (χ2v) is 3.72. The minimum absolute atomic E-state index is 0.213. The summed E-state index contributed by atoms with van der Waals surface area (Å²) < 4.78 is 30.6. The summed E-state index contributed by atoms with van der Waals surface area (Å²) in [6, 6.07) is 3.41. The molecule has 1 saturated heterocycles. The molecule has 1 aromatic carbocycles. The van der Waals surface area contributed by atoms with Crippen LogP contribution in [0.4, 0.5) is 14.5 Å². The van der Waals surface area contributed by atoms with Crippen LogP contribution < -0.4 is 4.90 Å². The van der Waals surface area contributed by atoms with Crippen molar-refractivity contribution >= 4 is 11.7 Å². The van der Waals surface area contributed by atoms with E-state index in [1.165, 1.54) is 19.2 Å². The van der Waals surface area contributed by atoms with Gasteiger partial charge in [-0.05, 0) is 12.1 Å². The Hall–Kier alpha value is -1.65. The number of rotatable bonds is 2. The Morgan fingerprint density at radius 2 is 2.12 bits per heavy atom. The van der Waals surface area contributed by atoms with Crippen molar-refractivity contribution < 1.29 is 18.3 Å². The van der Waals surface area contributed by atoms with Crippen LogP contribution >= 0.6 is 0 Å². The normalized spacial score (nSPS) is 15.8. The molecule has 0 atom stereocenters. The number of carbonyl (C=O) groups excluding carboxylic acids is 1. The highest BCUT2D eigenvalue weighted by molar-refractivity contribution is 5.76.